The van der Waals surface area contributed by atoms with Crippen molar-refractivity contribution >= 4 is 51.2 Å². The lowest BCUT2D eigenvalue weighted by Crippen LogP contribution is -2.41. The summed E-state index contributed by atoms with van der Waals surface area (Å²) in [5.41, 5.74) is -0.0733. The van der Waals surface area contributed by atoms with Crippen molar-refractivity contribution in [3.05, 3.63) is 59.7 Å². The summed E-state index contributed by atoms with van der Waals surface area (Å²) in [6.07, 6.45) is 61.9. The summed E-state index contributed by atoms with van der Waals surface area (Å²) in [6.45, 7) is 11.2. The summed E-state index contributed by atoms with van der Waals surface area (Å²) in [7, 11) is -9.54. The Bertz CT molecular complexity index is 2500. The molecule has 0 spiro atoms. The van der Waals surface area contributed by atoms with Crippen LogP contribution in [-0.4, -0.2) is 136 Å². The van der Waals surface area contributed by atoms with Gasteiger partial charge in [0, 0.05) is 51.6 Å². The molecule has 0 saturated heterocycles. The van der Waals surface area contributed by atoms with Crippen molar-refractivity contribution in [3.63, 3.8) is 0 Å². The molecule has 0 heterocycles. The Labute approximate surface area is 691 Å². The van der Waals surface area contributed by atoms with Crippen LogP contribution in [-0.2, 0) is 65.4 Å². The molecule has 24 heteroatoms. The molecule has 0 radical (unpaired) electrons. The molecule has 0 aliphatic rings. The molecule has 0 fully saturated rings. The van der Waals surface area contributed by atoms with E-state index in [-0.39, 0.29) is 99.4 Å². The molecule has 22 nitrogen and oxygen atoms in total. The number of nitrogens with one attached hydrogen (secondary N) is 4. The van der Waals surface area contributed by atoms with Crippen molar-refractivity contribution in [2.24, 2.45) is 0 Å². The highest BCUT2D eigenvalue weighted by Gasteiger charge is 2.28. The summed E-state index contributed by atoms with van der Waals surface area (Å²) in [4.78, 5) is 102. The zero-order chi connectivity index (χ0) is 83.3. The van der Waals surface area contributed by atoms with Gasteiger partial charge in [0.15, 0.2) is 0 Å². The minimum Gasteiger partial charge on any atom is -0.462 e. The van der Waals surface area contributed by atoms with Gasteiger partial charge in [0.05, 0.1) is 76.1 Å². The van der Waals surface area contributed by atoms with Gasteiger partial charge in [0.1, 0.15) is 12.2 Å². The smallest absolute Gasteiger partial charge is 0.462 e. The number of phosphoric ester groups is 2. The van der Waals surface area contributed by atoms with E-state index in [1.807, 2.05) is 0 Å². The number of esters is 2. The van der Waals surface area contributed by atoms with Crippen LogP contribution in [0, 0.1) is 0 Å². The fraction of sp³-hybridized carbons (Fsp3) is 0.822. The van der Waals surface area contributed by atoms with Crippen LogP contribution in [0.2, 0.25) is 0 Å². The first-order chi connectivity index (χ1) is 55.4. The van der Waals surface area contributed by atoms with E-state index >= 15 is 0 Å². The molecule has 114 heavy (non-hydrogen) atoms. The van der Waals surface area contributed by atoms with Crippen molar-refractivity contribution in [2.45, 2.75) is 413 Å². The average Bonchev–Trinajstić information content (AvgIpc) is 0.843. The Morgan fingerprint density at radius 2 is 0.632 bits per heavy atom. The summed E-state index contributed by atoms with van der Waals surface area (Å²) < 4.78 is 72.2. The first-order valence-corrected chi connectivity index (χ1v) is 48.7. The van der Waals surface area contributed by atoms with Crippen molar-refractivity contribution in [1.29, 1.82) is 0 Å². The first-order valence-electron chi connectivity index (χ1n) is 45.7. The molecule has 662 valence electrons. The van der Waals surface area contributed by atoms with Gasteiger partial charge in [-0.25, -0.2) is 9.13 Å². The van der Waals surface area contributed by atoms with E-state index in [1.54, 1.807) is 12.1 Å². The number of amides is 4. The van der Waals surface area contributed by atoms with Crippen LogP contribution in [0.3, 0.4) is 0 Å². The van der Waals surface area contributed by atoms with Gasteiger partial charge in [-0.2, -0.15) is 0 Å². The van der Waals surface area contributed by atoms with Gasteiger partial charge in [-0.15, -0.1) is 0 Å². The number of unbranched alkanes of at least 4 members (excludes halogenated alkanes) is 38. The second kappa shape index (κ2) is 77.3. The van der Waals surface area contributed by atoms with Crippen LogP contribution in [0.1, 0.15) is 409 Å². The van der Waals surface area contributed by atoms with E-state index in [4.69, 9.17) is 37.0 Å². The fourth-order valence-electron chi connectivity index (χ4n) is 13.3. The molecule has 2 unspecified atom stereocenters. The molecule has 4 amide bonds. The molecule has 0 bridgehead atoms. The zero-order valence-corrected chi connectivity index (χ0v) is 74.3. The fourth-order valence-corrected chi connectivity index (χ4v) is 14.9. The topological polar surface area (TPSA) is 299 Å². The van der Waals surface area contributed by atoms with E-state index in [2.05, 4.69) is 87.1 Å². The third-order valence-corrected chi connectivity index (χ3v) is 22.2. The lowest BCUT2D eigenvalue weighted by molar-refractivity contribution is -0.151. The lowest BCUT2D eigenvalue weighted by atomic mass is 10.1. The Morgan fingerprint density at radius 3 is 0.956 bits per heavy atom. The number of carbonyl (C=O) groups is 6. The number of phosphoric acid groups is 2. The summed E-state index contributed by atoms with van der Waals surface area (Å²) in [5, 5.41) is 11.1. The summed E-state index contributed by atoms with van der Waals surface area (Å²) >= 11 is 0. The highest BCUT2D eigenvalue weighted by atomic mass is 31.2. The monoisotopic (exact) mass is 1650 g/mol. The molecule has 6 N–H and O–H groups in total. The number of hydrogen-bond acceptors (Lipinski definition) is 16. The van der Waals surface area contributed by atoms with Crippen LogP contribution < -0.4 is 21.3 Å². The average molecular weight is 1650 g/mol. The third-order valence-electron chi connectivity index (χ3n) is 20.3. The highest BCUT2D eigenvalue weighted by molar-refractivity contribution is 7.47. The Balaban J connectivity index is 2.99. The Kier molecular flexibility index (Phi) is 73.0. The van der Waals surface area contributed by atoms with Crippen LogP contribution in [0.4, 0.5) is 0 Å². The normalized spacial score (nSPS) is 13.8. The quantitative estimate of drug-likeness (QED) is 0.0153. The number of hydrogen-bond donors (Lipinski definition) is 6. The molecule has 1 aromatic rings. The molecule has 1 aromatic carbocycles. The van der Waals surface area contributed by atoms with Crippen LogP contribution in [0.5, 0.6) is 0 Å². The van der Waals surface area contributed by atoms with Gasteiger partial charge in [0.25, 0.3) is 11.8 Å². The molecule has 0 aromatic heterocycles. The van der Waals surface area contributed by atoms with Gasteiger partial charge in [0.2, 0.25) is 11.8 Å². The highest BCUT2D eigenvalue weighted by Crippen LogP contribution is 2.44. The number of benzene rings is 1. The maximum absolute atomic E-state index is 13.6. The minimum atomic E-state index is -4.77. The second-order valence-electron chi connectivity index (χ2n) is 31.1. The van der Waals surface area contributed by atoms with Gasteiger partial charge >= 0.3 is 27.6 Å². The van der Waals surface area contributed by atoms with Crippen molar-refractivity contribution in [3.8, 4) is 0 Å². The number of rotatable bonds is 84. The van der Waals surface area contributed by atoms with Crippen molar-refractivity contribution < 1.29 is 84.7 Å². The molecule has 0 aliphatic heterocycles. The summed E-state index contributed by atoms with van der Waals surface area (Å²) in [6, 6.07) is 4.28. The van der Waals surface area contributed by atoms with Gasteiger partial charge in [-0.05, 0) is 102 Å². The van der Waals surface area contributed by atoms with Crippen molar-refractivity contribution in [2.75, 3.05) is 65.9 Å². The van der Waals surface area contributed by atoms with E-state index in [9.17, 15) is 47.7 Å². The van der Waals surface area contributed by atoms with Crippen LogP contribution in [0.25, 0.3) is 0 Å². The number of carbonyl (C=O) groups excluding carboxylic acids is 6. The maximum Gasteiger partial charge on any atom is 0.472 e. The van der Waals surface area contributed by atoms with Gasteiger partial charge in [-0.3, -0.25) is 46.9 Å². The standard InChI is InChI=1S/C90H164N4O18P2/c1-7-13-19-25-29-33-35-39-41-47-53-63-85(95)93-79(75-105-71-67-81(59-51-45-23-17-11-5)111-87(97)65-55-49-43-37-31-27-21-15-9-3)77-109-113(101,102)107-73-69-91-89(99)83-61-57-58-62-84(83)90(100)92-70-74-108-114(103,104)110-78-80(94-86(96)64-54-48-42-40-36-34-30-26-20-14-8-2)76-106-72-68-82(60-52-46-24-18-12-6)112-88(98)66-56-50-44-38-32-28-22-16-10-4/h37-38,43-44,57-58,61-62,79-82H,7-36,39-42,45-56,59-60,63-78H2,1-6H3,(H,91,99)(H,92,100)(H,93,95)(H,94,96)(H,101,102)(H,103,104)/t79-,80-,81-,82-/m1/s1. The Morgan fingerprint density at radius 1 is 0.342 bits per heavy atom. The second-order valence-corrected chi connectivity index (χ2v) is 34.0. The minimum absolute atomic E-state index is 0.0366. The largest absolute Gasteiger partial charge is 0.472 e. The molecule has 1 rings (SSSR count). The predicted octanol–water partition coefficient (Wildman–Crippen LogP) is 22.5. The van der Waals surface area contributed by atoms with E-state index < -0.39 is 66.0 Å². The first kappa shape index (κ1) is 108. The maximum atomic E-state index is 13.6. The number of ether oxygens (including phenoxy) is 4. The van der Waals surface area contributed by atoms with Crippen molar-refractivity contribution in [1.82, 2.24) is 21.3 Å². The van der Waals surface area contributed by atoms with E-state index in [0.717, 1.165) is 128 Å². The molecule has 6 atom stereocenters. The lowest BCUT2D eigenvalue weighted by Gasteiger charge is -2.22. The van der Waals surface area contributed by atoms with Crippen LogP contribution >= 0.6 is 15.6 Å². The third kappa shape index (κ3) is 67.5. The van der Waals surface area contributed by atoms with Gasteiger partial charge < -0.3 is 50.0 Å². The molecular weight excluding hydrogens is 1490 g/mol. The van der Waals surface area contributed by atoms with E-state index in [0.29, 0.717) is 64.2 Å². The van der Waals surface area contributed by atoms with Gasteiger partial charge in [-0.1, -0.05) is 296 Å². The van der Waals surface area contributed by atoms with E-state index in [1.165, 1.54) is 153 Å². The SMILES string of the molecule is CCCCCCC=CCCCC(=O)O[C@H](CCCCCCC)CCOC[C@H](COP(=O)(O)OCCNC(=O)c1ccccc1C(=O)NCCOP(=O)(O)OC[C@@H](COCC[C@@H](CCCCCCC)OC(=O)CCCC=CCCCCCC)NC(=O)CCCCCCCCCCCCC)NC(=O)CCCCCCCCCCCCC. The zero-order valence-electron chi connectivity index (χ0n) is 72.5. The number of allylic oxidation sites excluding steroid dienone is 4. The molecule has 0 aliphatic carbocycles. The Hall–Kier alpha value is -4.34. The summed E-state index contributed by atoms with van der Waals surface area (Å²) in [5.74, 6) is -2.37. The molecule has 0 saturated carbocycles. The van der Waals surface area contributed by atoms with Crippen LogP contribution in [0.15, 0.2) is 48.6 Å². The predicted molar refractivity (Wildman–Crippen MR) is 461 cm³/mol. The molecular formula is C90H164N4O18P2.